The maximum absolute atomic E-state index is 11.7. The zero-order chi connectivity index (χ0) is 12.6. The van der Waals surface area contributed by atoms with Gasteiger partial charge in [0.15, 0.2) is 4.91 Å². The third kappa shape index (κ3) is 1.83. The van der Waals surface area contributed by atoms with E-state index >= 15 is 0 Å². The maximum atomic E-state index is 11.7. The Bertz CT molecular complexity index is 786. The van der Waals surface area contributed by atoms with Gasteiger partial charge in [-0.25, -0.2) is 0 Å². The topological polar surface area (TPSA) is 108 Å². The Morgan fingerprint density at radius 2 is 1.88 bits per heavy atom. The van der Waals surface area contributed by atoms with E-state index in [1.807, 2.05) is 0 Å². The lowest BCUT2D eigenvalue weighted by Crippen LogP contribution is -2.40. The monoisotopic (exact) mass is 250 g/mol. The van der Waals surface area contributed by atoms with Crippen LogP contribution in [-0.4, -0.2) is 29.3 Å². The number of carbonyl (C=O) groups is 1. The zero-order valence-corrected chi connectivity index (χ0v) is 9.18. The second kappa shape index (κ2) is 3.74. The van der Waals surface area contributed by atoms with Crippen molar-refractivity contribution in [3.05, 3.63) is 40.2 Å². The first-order chi connectivity index (χ1) is 7.95. The molecule has 1 N–H and O–H groups in total. The van der Waals surface area contributed by atoms with Crippen LogP contribution in [0.4, 0.5) is 0 Å². The SMILES string of the molecule is [N-]=[N+]=C1C=c2ccccc2=C(S(=O)(=O)O)C1=O. The second-order valence-electron chi connectivity index (χ2n) is 3.35. The average Bonchev–Trinajstić information content (AvgIpc) is 2.26. The zero-order valence-electron chi connectivity index (χ0n) is 8.36. The number of carbonyl (C=O) groups excluding carboxylic acids is 1. The number of fused-ring (bicyclic) bond motifs is 1. The van der Waals surface area contributed by atoms with Gasteiger partial charge >= 0.3 is 5.71 Å². The van der Waals surface area contributed by atoms with Crippen LogP contribution in [-0.2, 0) is 14.9 Å². The van der Waals surface area contributed by atoms with Crippen LogP contribution in [0.2, 0.25) is 0 Å². The van der Waals surface area contributed by atoms with Crippen molar-refractivity contribution in [3.63, 3.8) is 0 Å². The van der Waals surface area contributed by atoms with E-state index in [0.29, 0.717) is 5.22 Å². The van der Waals surface area contributed by atoms with Gasteiger partial charge in [0, 0.05) is 11.3 Å². The van der Waals surface area contributed by atoms with Crippen LogP contribution in [0, 0.1) is 0 Å². The highest BCUT2D eigenvalue weighted by Gasteiger charge is 2.34. The standard InChI is InChI=1S/C10H6N2O4S/c11-12-8-5-6-3-1-2-4-7(6)10(9(8)13)17(14,15)16/h1-5H,(H,14,15,16). The van der Waals surface area contributed by atoms with Gasteiger partial charge in [0.25, 0.3) is 15.9 Å². The molecule has 0 spiro atoms. The smallest absolute Gasteiger partial charge is 0.361 e. The van der Waals surface area contributed by atoms with Crippen LogP contribution in [0.5, 0.6) is 0 Å². The minimum Gasteiger partial charge on any atom is -0.361 e. The first-order valence-corrected chi connectivity index (χ1v) is 5.94. The average molecular weight is 250 g/mol. The number of rotatable bonds is 1. The molecular weight excluding hydrogens is 244 g/mol. The number of hydrogen-bond acceptors (Lipinski definition) is 3. The van der Waals surface area contributed by atoms with Crippen molar-refractivity contribution >= 4 is 32.6 Å². The minimum absolute atomic E-state index is 0.0902. The minimum atomic E-state index is -4.68. The normalized spacial score (nSPS) is 15.0. The van der Waals surface area contributed by atoms with E-state index in [2.05, 4.69) is 4.79 Å². The summed E-state index contributed by atoms with van der Waals surface area (Å²) in [6.45, 7) is 0. The Morgan fingerprint density at radius 1 is 1.24 bits per heavy atom. The van der Waals surface area contributed by atoms with E-state index in [4.69, 9.17) is 10.1 Å². The molecule has 0 heterocycles. The molecule has 1 aliphatic carbocycles. The Kier molecular flexibility index (Phi) is 2.51. The van der Waals surface area contributed by atoms with Crippen LogP contribution >= 0.6 is 0 Å². The quantitative estimate of drug-likeness (QED) is 0.380. The molecule has 0 aliphatic heterocycles. The lowest BCUT2D eigenvalue weighted by molar-refractivity contribution is -0.111. The van der Waals surface area contributed by atoms with Crippen molar-refractivity contribution in [3.8, 4) is 0 Å². The molecule has 0 atom stereocenters. The Balaban J connectivity index is 3.10. The van der Waals surface area contributed by atoms with Crippen molar-refractivity contribution in [2.75, 3.05) is 0 Å². The van der Waals surface area contributed by atoms with E-state index in [0.717, 1.165) is 0 Å². The van der Waals surface area contributed by atoms with Crippen LogP contribution in [0.15, 0.2) is 24.3 Å². The summed E-state index contributed by atoms with van der Waals surface area (Å²) in [5, 5.41) is 0.472. The number of hydrogen-bond donors (Lipinski definition) is 1. The molecule has 0 saturated carbocycles. The fraction of sp³-hybridized carbons (Fsp3) is 0. The summed E-state index contributed by atoms with van der Waals surface area (Å²) in [7, 11) is -4.68. The molecule has 2 rings (SSSR count). The summed E-state index contributed by atoms with van der Waals surface area (Å²) < 4.78 is 31.4. The van der Waals surface area contributed by atoms with E-state index in [-0.39, 0.29) is 5.22 Å². The highest BCUT2D eigenvalue weighted by molar-refractivity contribution is 7.96. The molecule has 0 unspecified atom stereocenters. The molecule has 6 nitrogen and oxygen atoms in total. The van der Waals surface area contributed by atoms with Crippen LogP contribution in [0.25, 0.3) is 16.5 Å². The first kappa shape index (κ1) is 11.4. The van der Waals surface area contributed by atoms with Crippen molar-refractivity contribution < 1.29 is 22.6 Å². The van der Waals surface area contributed by atoms with Gasteiger partial charge in [0.2, 0.25) is 0 Å². The molecular formula is C10H6N2O4S. The highest BCUT2D eigenvalue weighted by atomic mass is 32.2. The van der Waals surface area contributed by atoms with E-state index in [1.165, 1.54) is 24.3 Å². The molecule has 17 heavy (non-hydrogen) atoms. The summed E-state index contributed by atoms with van der Waals surface area (Å²) in [5.41, 5.74) is 8.18. The molecule has 0 fully saturated rings. The fourth-order valence-electron chi connectivity index (χ4n) is 1.61. The van der Waals surface area contributed by atoms with E-state index in [1.54, 1.807) is 6.07 Å². The second-order valence-corrected chi connectivity index (χ2v) is 4.71. The first-order valence-electron chi connectivity index (χ1n) is 4.50. The largest absolute Gasteiger partial charge is 0.364 e. The molecule has 7 heteroatoms. The molecule has 0 radical (unpaired) electrons. The Hall–Kier alpha value is -2.08. The lowest BCUT2D eigenvalue weighted by atomic mass is 10.1. The molecule has 1 aromatic rings. The molecule has 0 aromatic heterocycles. The van der Waals surface area contributed by atoms with Crippen LogP contribution in [0.1, 0.15) is 0 Å². The summed E-state index contributed by atoms with van der Waals surface area (Å²) in [5.74, 6) is -1.03. The predicted octanol–water partition coefficient (Wildman–Crippen LogP) is -1.28. The van der Waals surface area contributed by atoms with Crippen LogP contribution in [0.3, 0.4) is 0 Å². The van der Waals surface area contributed by atoms with Gasteiger partial charge in [-0.1, -0.05) is 24.3 Å². The van der Waals surface area contributed by atoms with Gasteiger partial charge in [-0.3, -0.25) is 9.35 Å². The Labute approximate surface area is 95.9 Å². The molecule has 1 aromatic carbocycles. The molecule has 86 valence electrons. The molecule has 0 saturated heterocycles. The van der Waals surface area contributed by atoms with Crippen LogP contribution < -0.4 is 10.4 Å². The van der Waals surface area contributed by atoms with Crippen molar-refractivity contribution in [2.24, 2.45) is 0 Å². The number of ketones is 1. The summed E-state index contributed by atoms with van der Waals surface area (Å²) in [6.07, 6.45) is 1.24. The maximum Gasteiger partial charge on any atom is 0.364 e. The number of Topliss-reactive ketones (excluding diaryl/α,β-unsaturated/α-hetero) is 1. The predicted molar refractivity (Wildman–Crippen MR) is 58.7 cm³/mol. The molecule has 1 aliphatic rings. The third-order valence-electron chi connectivity index (χ3n) is 2.30. The third-order valence-corrected chi connectivity index (χ3v) is 3.22. The summed E-state index contributed by atoms with van der Waals surface area (Å²) in [6, 6.07) is 6.09. The number of benzene rings is 1. The summed E-state index contributed by atoms with van der Waals surface area (Å²) >= 11 is 0. The van der Waals surface area contributed by atoms with Gasteiger partial charge < -0.3 is 5.53 Å². The fourth-order valence-corrected chi connectivity index (χ4v) is 2.41. The van der Waals surface area contributed by atoms with Crippen molar-refractivity contribution in [1.29, 1.82) is 0 Å². The molecule has 0 bridgehead atoms. The van der Waals surface area contributed by atoms with Gasteiger partial charge in [0.1, 0.15) is 0 Å². The van der Waals surface area contributed by atoms with Gasteiger partial charge in [-0.15, -0.1) is 0 Å². The summed E-state index contributed by atoms with van der Waals surface area (Å²) in [4.78, 5) is 13.6. The van der Waals surface area contributed by atoms with Crippen molar-refractivity contribution in [1.82, 2.24) is 0 Å². The van der Waals surface area contributed by atoms with Gasteiger partial charge in [-0.2, -0.15) is 13.2 Å². The number of nitrogens with zero attached hydrogens (tertiary/aromatic N) is 2. The van der Waals surface area contributed by atoms with Crippen molar-refractivity contribution in [2.45, 2.75) is 0 Å². The van der Waals surface area contributed by atoms with Gasteiger partial charge in [0.05, 0.1) is 0 Å². The van der Waals surface area contributed by atoms with Gasteiger partial charge in [-0.05, 0) is 5.22 Å². The highest BCUT2D eigenvalue weighted by Crippen LogP contribution is 2.08. The molecule has 0 amide bonds. The van der Waals surface area contributed by atoms with E-state index < -0.39 is 26.5 Å². The lowest BCUT2D eigenvalue weighted by Gasteiger charge is -2.03. The van der Waals surface area contributed by atoms with E-state index in [9.17, 15) is 13.2 Å². The Morgan fingerprint density at radius 3 is 2.47 bits per heavy atom.